The molecule has 1 heterocycles. The molecule has 1 aromatic heterocycles. The lowest BCUT2D eigenvalue weighted by Gasteiger charge is -2.25. The van der Waals surface area contributed by atoms with Gasteiger partial charge in [-0.15, -0.1) is 11.3 Å². The number of amides is 1. The molecule has 134 valence electrons. The normalized spacial score (nSPS) is 17.0. The maximum absolute atomic E-state index is 11.3. The Morgan fingerprint density at radius 1 is 1.42 bits per heavy atom. The van der Waals surface area contributed by atoms with Gasteiger partial charge in [-0.2, -0.15) is 0 Å². The second-order valence-corrected chi connectivity index (χ2v) is 7.37. The number of carboxylic acid groups (broad SMARTS) is 1. The van der Waals surface area contributed by atoms with Gasteiger partial charge >= 0.3 is 5.97 Å². The minimum atomic E-state index is -0.861. The van der Waals surface area contributed by atoms with Gasteiger partial charge < -0.3 is 10.4 Å². The van der Waals surface area contributed by atoms with Crippen molar-refractivity contribution in [3.8, 4) is 0 Å². The SMILES string of the molecule is CC(=O)NCCN(Cc1csc(C2CCCCC2)n1)C(C)C(=O)O. The smallest absolute Gasteiger partial charge is 0.320 e. The summed E-state index contributed by atoms with van der Waals surface area (Å²) in [5.74, 6) is -0.394. The Morgan fingerprint density at radius 3 is 2.75 bits per heavy atom. The van der Waals surface area contributed by atoms with Gasteiger partial charge in [-0.05, 0) is 19.8 Å². The van der Waals surface area contributed by atoms with Crippen molar-refractivity contribution in [2.75, 3.05) is 13.1 Å². The summed E-state index contributed by atoms with van der Waals surface area (Å²) in [5, 5.41) is 15.3. The number of nitrogens with zero attached hydrogens (tertiary/aromatic N) is 2. The molecule has 0 bridgehead atoms. The van der Waals surface area contributed by atoms with E-state index in [1.165, 1.54) is 44.0 Å². The fourth-order valence-electron chi connectivity index (χ4n) is 3.08. The summed E-state index contributed by atoms with van der Waals surface area (Å²) in [6.07, 6.45) is 6.30. The zero-order valence-electron chi connectivity index (χ0n) is 14.5. The van der Waals surface area contributed by atoms with Crippen LogP contribution in [-0.2, 0) is 16.1 Å². The molecule has 0 saturated heterocycles. The number of carboxylic acids is 1. The summed E-state index contributed by atoms with van der Waals surface area (Å²) in [5.41, 5.74) is 0.927. The van der Waals surface area contributed by atoms with Crippen LogP contribution in [0.15, 0.2) is 5.38 Å². The number of nitrogens with one attached hydrogen (secondary N) is 1. The second-order valence-electron chi connectivity index (χ2n) is 6.48. The van der Waals surface area contributed by atoms with Gasteiger partial charge in [0.15, 0.2) is 0 Å². The third-order valence-corrected chi connectivity index (χ3v) is 5.62. The van der Waals surface area contributed by atoms with E-state index in [0.29, 0.717) is 25.6 Å². The van der Waals surface area contributed by atoms with Crippen LogP contribution in [0.1, 0.15) is 62.6 Å². The molecule has 1 aliphatic carbocycles. The van der Waals surface area contributed by atoms with Crippen LogP contribution in [0, 0.1) is 0 Å². The number of aliphatic carboxylic acids is 1. The van der Waals surface area contributed by atoms with Crippen molar-refractivity contribution < 1.29 is 14.7 Å². The van der Waals surface area contributed by atoms with E-state index < -0.39 is 12.0 Å². The maximum Gasteiger partial charge on any atom is 0.320 e. The van der Waals surface area contributed by atoms with Crippen LogP contribution in [-0.4, -0.2) is 46.0 Å². The minimum absolute atomic E-state index is 0.105. The lowest BCUT2D eigenvalue weighted by molar-refractivity contribution is -0.142. The van der Waals surface area contributed by atoms with Crippen molar-refractivity contribution in [1.82, 2.24) is 15.2 Å². The van der Waals surface area contributed by atoms with E-state index in [4.69, 9.17) is 4.98 Å². The molecule has 0 aliphatic heterocycles. The Hall–Kier alpha value is -1.47. The molecular weight excluding hydrogens is 326 g/mol. The van der Waals surface area contributed by atoms with E-state index >= 15 is 0 Å². The van der Waals surface area contributed by atoms with E-state index in [1.807, 2.05) is 10.3 Å². The predicted octanol–water partition coefficient (Wildman–Crippen LogP) is 2.60. The quantitative estimate of drug-likeness (QED) is 0.751. The number of hydrogen-bond donors (Lipinski definition) is 2. The summed E-state index contributed by atoms with van der Waals surface area (Å²) < 4.78 is 0. The van der Waals surface area contributed by atoms with Gasteiger partial charge in [0, 0.05) is 37.9 Å². The number of carbonyl (C=O) groups excluding carboxylic acids is 1. The Bertz CT molecular complexity index is 555. The number of thiazole rings is 1. The molecule has 1 unspecified atom stereocenters. The average molecular weight is 353 g/mol. The Labute approximate surface area is 147 Å². The zero-order valence-corrected chi connectivity index (χ0v) is 15.3. The Kier molecular flexibility index (Phi) is 7.17. The predicted molar refractivity (Wildman–Crippen MR) is 94.1 cm³/mol. The summed E-state index contributed by atoms with van der Waals surface area (Å²) in [7, 11) is 0. The highest BCUT2D eigenvalue weighted by Crippen LogP contribution is 2.34. The summed E-state index contributed by atoms with van der Waals surface area (Å²) >= 11 is 1.69. The highest BCUT2D eigenvalue weighted by Gasteiger charge is 2.23. The first kappa shape index (κ1) is 18.9. The lowest BCUT2D eigenvalue weighted by atomic mass is 9.90. The first-order valence-electron chi connectivity index (χ1n) is 8.63. The first-order chi connectivity index (χ1) is 11.5. The molecule has 0 radical (unpaired) electrons. The molecule has 1 amide bonds. The van der Waals surface area contributed by atoms with Gasteiger partial charge in [0.05, 0.1) is 10.7 Å². The zero-order chi connectivity index (χ0) is 17.5. The monoisotopic (exact) mass is 353 g/mol. The number of hydrogen-bond acceptors (Lipinski definition) is 5. The van der Waals surface area contributed by atoms with Crippen LogP contribution in [0.5, 0.6) is 0 Å². The van der Waals surface area contributed by atoms with Gasteiger partial charge in [-0.3, -0.25) is 14.5 Å². The van der Waals surface area contributed by atoms with Crippen LogP contribution >= 0.6 is 11.3 Å². The summed E-state index contributed by atoms with van der Waals surface area (Å²) in [6.45, 7) is 4.55. The standard InChI is InChI=1S/C17H27N3O3S/c1-12(17(22)23)20(9-8-18-13(2)21)10-15-11-24-16(19-15)14-6-4-3-5-7-14/h11-12,14H,3-10H2,1-2H3,(H,18,21)(H,22,23). The van der Waals surface area contributed by atoms with Gasteiger partial charge in [-0.1, -0.05) is 19.3 Å². The largest absolute Gasteiger partial charge is 0.480 e. The highest BCUT2D eigenvalue weighted by atomic mass is 32.1. The molecule has 0 spiro atoms. The van der Waals surface area contributed by atoms with E-state index in [0.717, 1.165) is 5.69 Å². The van der Waals surface area contributed by atoms with E-state index in [-0.39, 0.29) is 5.91 Å². The Balaban J connectivity index is 1.98. The number of rotatable bonds is 8. The molecule has 7 heteroatoms. The van der Waals surface area contributed by atoms with Crippen LogP contribution < -0.4 is 5.32 Å². The van der Waals surface area contributed by atoms with Crippen molar-refractivity contribution in [2.45, 2.75) is 64.5 Å². The second kappa shape index (κ2) is 9.13. The molecule has 1 saturated carbocycles. The van der Waals surface area contributed by atoms with Crippen molar-refractivity contribution in [1.29, 1.82) is 0 Å². The van der Waals surface area contributed by atoms with E-state index in [2.05, 4.69) is 5.32 Å². The van der Waals surface area contributed by atoms with E-state index in [1.54, 1.807) is 18.3 Å². The summed E-state index contributed by atoms with van der Waals surface area (Å²) in [4.78, 5) is 28.9. The molecule has 24 heavy (non-hydrogen) atoms. The van der Waals surface area contributed by atoms with Crippen LogP contribution in [0.4, 0.5) is 0 Å². The molecule has 1 fully saturated rings. The third-order valence-electron chi connectivity index (χ3n) is 4.57. The van der Waals surface area contributed by atoms with E-state index in [9.17, 15) is 14.7 Å². The molecule has 6 nitrogen and oxygen atoms in total. The molecule has 2 rings (SSSR count). The molecule has 1 atom stereocenters. The third kappa shape index (κ3) is 5.56. The van der Waals surface area contributed by atoms with Gasteiger partial charge in [0.1, 0.15) is 6.04 Å². The molecule has 1 aliphatic rings. The van der Waals surface area contributed by atoms with Gasteiger partial charge in [0.2, 0.25) is 5.91 Å². The number of aromatic nitrogens is 1. The molecule has 0 aromatic carbocycles. The van der Waals surface area contributed by atoms with Crippen molar-refractivity contribution >= 4 is 23.2 Å². The fraction of sp³-hybridized carbons (Fsp3) is 0.706. The fourth-order valence-corrected chi connectivity index (χ4v) is 4.06. The first-order valence-corrected chi connectivity index (χ1v) is 9.51. The Morgan fingerprint density at radius 2 is 2.12 bits per heavy atom. The highest BCUT2D eigenvalue weighted by molar-refractivity contribution is 7.09. The van der Waals surface area contributed by atoms with Crippen molar-refractivity contribution in [3.63, 3.8) is 0 Å². The van der Waals surface area contributed by atoms with Gasteiger partial charge in [0.25, 0.3) is 0 Å². The topological polar surface area (TPSA) is 82.5 Å². The average Bonchev–Trinajstić information content (AvgIpc) is 3.02. The summed E-state index contributed by atoms with van der Waals surface area (Å²) in [6, 6.07) is -0.612. The van der Waals surface area contributed by atoms with Crippen LogP contribution in [0.2, 0.25) is 0 Å². The van der Waals surface area contributed by atoms with Gasteiger partial charge in [-0.25, -0.2) is 4.98 Å². The molecule has 1 aromatic rings. The molecule has 2 N–H and O–H groups in total. The number of carbonyl (C=O) groups is 2. The minimum Gasteiger partial charge on any atom is -0.480 e. The van der Waals surface area contributed by atoms with Crippen LogP contribution in [0.25, 0.3) is 0 Å². The lowest BCUT2D eigenvalue weighted by Crippen LogP contribution is -2.42. The van der Waals surface area contributed by atoms with Crippen LogP contribution in [0.3, 0.4) is 0 Å². The molecular formula is C17H27N3O3S. The van der Waals surface area contributed by atoms with Crippen molar-refractivity contribution in [3.05, 3.63) is 16.1 Å². The maximum atomic E-state index is 11.3. The van der Waals surface area contributed by atoms with Crippen molar-refractivity contribution in [2.24, 2.45) is 0 Å².